The quantitative estimate of drug-likeness (QED) is 0.611. The number of H-pyrrole nitrogens is 1. The summed E-state index contributed by atoms with van der Waals surface area (Å²) in [6.45, 7) is 1.72. The van der Waals surface area contributed by atoms with Crippen LogP contribution in [-0.4, -0.2) is 53.6 Å². The number of aromatic nitrogens is 2. The molecule has 3 heterocycles. The molecule has 0 radical (unpaired) electrons. The number of nitrogens with zero attached hydrogens (tertiary/aromatic N) is 2. The molecule has 31 heavy (non-hydrogen) atoms. The molecule has 162 valence electrons. The Morgan fingerprint density at radius 1 is 1.23 bits per heavy atom. The number of rotatable bonds is 3. The molecule has 9 heteroatoms. The zero-order valence-corrected chi connectivity index (χ0v) is 18.5. The third kappa shape index (κ3) is 3.93. The summed E-state index contributed by atoms with van der Waals surface area (Å²) in [6.07, 6.45) is 1.57. The van der Waals surface area contributed by atoms with Crippen molar-refractivity contribution in [2.45, 2.75) is 24.9 Å². The predicted octanol–water partition coefficient (Wildman–Crippen LogP) is 4.21. The van der Waals surface area contributed by atoms with Gasteiger partial charge in [0.2, 0.25) is 0 Å². The molecular formula is C22H22Cl2N4O3. The topological polar surface area (TPSA) is 79.5 Å². The van der Waals surface area contributed by atoms with Crippen molar-refractivity contribution in [3.8, 4) is 11.5 Å². The Labute approximate surface area is 189 Å². The lowest BCUT2D eigenvalue weighted by Gasteiger charge is -2.36. The summed E-state index contributed by atoms with van der Waals surface area (Å²) < 4.78 is 11.1. The minimum absolute atomic E-state index is 0.00484. The van der Waals surface area contributed by atoms with Crippen LogP contribution in [-0.2, 0) is 0 Å². The van der Waals surface area contributed by atoms with Crippen molar-refractivity contribution >= 4 is 40.1 Å². The predicted molar refractivity (Wildman–Crippen MR) is 119 cm³/mol. The minimum atomic E-state index is -0.216. The average molecular weight is 461 g/mol. The molecule has 2 unspecified atom stereocenters. The number of fused-ring (bicyclic) bond motifs is 2. The van der Waals surface area contributed by atoms with E-state index in [9.17, 15) is 4.79 Å². The number of carbonyl (C=O) groups excluding carboxylic acids is 1. The van der Waals surface area contributed by atoms with E-state index in [-0.39, 0.29) is 23.0 Å². The van der Waals surface area contributed by atoms with Gasteiger partial charge >= 0.3 is 0 Å². The molecule has 1 amide bonds. The van der Waals surface area contributed by atoms with Crippen molar-refractivity contribution in [3.05, 3.63) is 51.8 Å². The number of halogens is 2. The normalized spacial score (nSPS) is 21.3. The number of ether oxygens (including phenoxy) is 2. The van der Waals surface area contributed by atoms with Gasteiger partial charge in [0.05, 0.1) is 27.7 Å². The number of aromatic amines is 1. The van der Waals surface area contributed by atoms with Crippen molar-refractivity contribution in [3.63, 3.8) is 0 Å². The van der Waals surface area contributed by atoms with Gasteiger partial charge < -0.3 is 19.8 Å². The first-order valence-electron chi connectivity index (χ1n) is 10.2. The van der Waals surface area contributed by atoms with Crippen molar-refractivity contribution in [1.29, 1.82) is 0 Å². The van der Waals surface area contributed by atoms with Gasteiger partial charge in [0, 0.05) is 17.6 Å². The van der Waals surface area contributed by atoms with E-state index in [0.29, 0.717) is 35.3 Å². The van der Waals surface area contributed by atoms with E-state index >= 15 is 0 Å². The smallest absolute Gasteiger partial charge is 0.253 e. The second kappa shape index (κ2) is 8.22. The Hall–Kier alpha value is -2.48. The highest BCUT2D eigenvalue weighted by atomic mass is 35.5. The average Bonchev–Trinajstić information content (AvgIpc) is 3.18. The molecule has 7 nitrogen and oxygen atoms in total. The zero-order valence-electron chi connectivity index (χ0n) is 17.0. The lowest BCUT2D eigenvalue weighted by atomic mass is 9.96. The lowest BCUT2D eigenvalue weighted by molar-refractivity contribution is 0.0883. The van der Waals surface area contributed by atoms with Crippen molar-refractivity contribution in [2.24, 2.45) is 0 Å². The molecule has 0 bridgehead atoms. The van der Waals surface area contributed by atoms with E-state index < -0.39 is 0 Å². The van der Waals surface area contributed by atoms with Gasteiger partial charge in [-0.1, -0.05) is 23.2 Å². The Kier molecular flexibility index (Phi) is 5.42. The summed E-state index contributed by atoms with van der Waals surface area (Å²) in [5.74, 6) is 1.66. The fourth-order valence-corrected chi connectivity index (χ4v) is 4.68. The molecule has 1 aromatic heterocycles. The van der Waals surface area contributed by atoms with Crippen molar-refractivity contribution in [2.75, 3.05) is 26.8 Å². The molecule has 2 aliphatic heterocycles. The van der Waals surface area contributed by atoms with Gasteiger partial charge in [0.15, 0.2) is 11.5 Å². The fraction of sp³-hybridized carbons (Fsp3) is 0.364. The monoisotopic (exact) mass is 460 g/mol. The van der Waals surface area contributed by atoms with E-state index in [0.717, 1.165) is 36.2 Å². The SMILES string of the molecule is CN1CCC(NC(=O)c2ccc3c(c2Cl)OCCO3)CC1c1nc2ccc(Cl)cc2[nH]1. The number of nitrogens with one attached hydrogen (secondary N) is 2. The van der Waals surface area contributed by atoms with E-state index in [1.165, 1.54) is 0 Å². The van der Waals surface area contributed by atoms with Crippen molar-refractivity contribution in [1.82, 2.24) is 20.2 Å². The molecule has 1 fully saturated rings. The molecule has 0 saturated carbocycles. The molecular weight excluding hydrogens is 439 g/mol. The zero-order chi connectivity index (χ0) is 21.5. The Bertz CT molecular complexity index is 1150. The van der Waals surface area contributed by atoms with Gasteiger partial charge in [-0.2, -0.15) is 0 Å². The van der Waals surface area contributed by atoms with E-state index in [2.05, 4.69) is 22.2 Å². The molecule has 2 aliphatic rings. The maximum absolute atomic E-state index is 13.0. The van der Waals surface area contributed by atoms with Gasteiger partial charge in [-0.25, -0.2) is 4.98 Å². The number of hydrogen-bond acceptors (Lipinski definition) is 5. The van der Waals surface area contributed by atoms with Crippen LogP contribution in [0.1, 0.15) is 35.1 Å². The maximum Gasteiger partial charge on any atom is 0.253 e. The highest BCUT2D eigenvalue weighted by molar-refractivity contribution is 6.35. The summed E-state index contributed by atoms with van der Waals surface area (Å²) >= 11 is 12.5. The maximum atomic E-state index is 13.0. The van der Waals surface area contributed by atoms with E-state index in [1.807, 2.05) is 18.2 Å². The number of hydrogen-bond donors (Lipinski definition) is 2. The van der Waals surface area contributed by atoms with Gasteiger partial charge in [-0.15, -0.1) is 0 Å². The number of amides is 1. The molecule has 5 rings (SSSR count). The largest absolute Gasteiger partial charge is 0.486 e. The van der Waals surface area contributed by atoms with Crippen LogP contribution in [0.4, 0.5) is 0 Å². The third-order valence-electron chi connectivity index (χ3n) is 5.88. The van der Waals surface area contributed by atoms with Crippen LogP contribution in [0.2, 0.25) is 10.0 Å². The van der Waals surface area contributed by atoms with E-state index in [4.69, 9.17) is 37.7 Å². The van der Waals surface area contributed by atoms with Gasteiger partial charge in [-0.3, -0.25) is 9.69 Å². The first-order chi connectivity index (χ1) is 15.0. The molecule has 0 spiro atoms. The van der Waals surface area contributed by atoms with Crippen LogP contribution < -0.4 is 14.8 Å². The summed E-state index contributed by atoms with van der Waals surface area (Å²) in [4.78, 5) is 23.4. The summed E-state index contributed by atoms with van der Waals surface area (Å²) in [5.41, 5.74) is 2.17. The Balaban J connectivity index is 1.33. The summed E-state index contributed by atoms with van der Waals surface area (Å²) in [5, 5.41) is 4.09. The highest BCUT2D eigenvalue weighted by Crippen LogP contribution is 2.39. The minimum Gasteiger partial charge on any atom is -0.486 e. The molecule has 3 aromatic rings. The van der Waals surface area contributed by atoms with Crippen LogP contribution in [0.25, 0.3) is 11.0 Å². The number of imidazole rings is 1. The van der Waals surface area contributed by atoms with Crippen LogP contribution in [0, 0.1) is 0 Å². The lowest BCUT2D eigenvalue weighted by Crippen LogP contribution is -2.45. The van der Waals surface area contributed by atoms with E-state index in [1.54, 1.807) is 12.1 Å². The second-order valence-corrected chi connectivity index (χ2v) is 8.74. The number of likely N-dealkylation sites (tertiary alicyclic amines) is 1. The van der Waals surface area contributed by atoms with Crippen LogP contribution in [0.3, 0.4) is 0 Å². The number of piperidine rings is 1. The molecule has 1 saturated heterocycles. The Morgan fingerprint density at radius 2 is 2.06 bits per heavy atom. The number of carbonyl (C=O) groups is 1. The first-order valence-corrected chi connectivity index (χ1v) is 11.0. The van der Waals surface area contributed by atoms with Gasteiger partial charge in [0.1, 0.15) is 19.0 Å². The molecule has 0 aliphatic carbocycles. The third-order valence-corrected chi connectivity index (χ3v) is 6.49. The molecule has 2 N–H and O–H groups in total. The molecule has 2 aromatic carbocycles. The van der Waals surface area contributed by atoms with Gasteiger partial charge in [-0.05, 0) is 50.2 Å². The van der Waals surface area contributed by atoms with Crippen LogP contribution in [0.5, 0.6) is 11.5 Å². The first kappa shape index (κ1) is 20.4. The summed E-state index contributed by atoms with van der Waals surface area (Å²) in [6, 6.07) is 9.07. The number of benzene rings is 2. The van der Waals surface area contributed by atoms with Crippen molar-refractivity contribution < 1.29 is 14.3 Å². The van der Waals surface area contributed by atoms with Gasteiger partial charge in [0.25, 0.3) is 5.91 Å². The Morgan fingerprint density at radius 3 is 2.94 bits per heavy atom. The van der Waals surface area contributed by atoms with Crippen LogP contribution >= 0.6 is 23.2 Å². The standard InChI is InChI=1S/C22H22Cl2N4O3/c1-28-7-6-13(11-17(28)21-26-15-4-2-12(23)10-16(15)27-21)25-22(29)14-3-5-18-20(19(14)24)31-9-8-30-18/h2-5,10,13,17H,6-9,11H2,1H3,(H,25,29)(H,26,27). The highest BCUT2D eigenvalue weighted by Gasteiger charge is 2.31. The second-order valence-electron chi connectivity index (χ2n) is 7.93. The fourth-order valence-electron chi connectivity index (χ4n) is 4.21. The molecule has 2 atom stereocenters. The van der Waals surface area contributed by atoms with Crippen LogP contribution in [0.15, 0.2) is 30.3 Å². The summed E-state index contributed by atoms with van der Waals surface area (Å²) in [7, 11) is 2.07.